The second kappa shape index (κ2) is 7.83. The highest BCUT2D eigenvalue weighted by molar-refractivity contribution is 5.82. The van der Waals surface area contributed by atoms with Gasteiger partial charge in [0.1, 0.15) is 12.4 Å². The average Bonchev–Trinajstić information content (AvgIpc) is 2.96. The van der Waals surface area contributed by atoms with E-state index in [1.54, 1.807) is 19.2 Å². The molecule has 3 N–H and O–H groups in total. The van der Waals surface area contributed by atoms with Crippen molar-refractivity contribution in [2.75, 3.05) is 6.61 Å². The summed E-state index contributed by atoms with van der Waals surface area (Å²) < 4.78 is 4.99. The number of carbonyl (C=O) groups is 1. The molecular formula is C17H19N3O2. The minimum atomic E-state index is -0.434. The van der Waals surface area contributed by atoms with Crippen molar-refractivity contribution in [3.05, 3.63) is 71.5 Å². The number of allylic oxidation sites excluding steroid dienone is 1. The van der Waals surface area contributed by atoms with Crippen LogP contribution < -0.4 is 5.73 Å². The summed E-state index contributed by atoms with van der Waals surface area (Å²) in [6.07, 6.45) is 9.28. The smallest absolute Gasteiger partial charge is 0.332 e. The first-order valence-corrected chi connectivity index (χ1v) is 6.98. The van der Waals surface area contributed by atoms with Crippen LogP contribution in [0.4, 0.5) is 0 Å². The zero-order valence-corrected chi connectivity index (χ0v) is 12.5. The summed E-state index contributed by atoms with van der Waals surface area (Å²) in [5, 5.41) is 0. The lowest BCUT2D eigenvalue weighted by atomic mass is 10.1. The maximum Gasteiger partial charge on any atom is 0.332 e. The van der Waals surface area contributed by atoms with Gasteiger partial charge in [0.15, 0.2) is 0 Å². The monoisotopic (exact) mass is 297 g/mol. The van der Waals surface area contributed by atoms with Gasteiger partial charge in [-0.1, -0.05) is 30.3 Å². The molecule has 114 valence electrons. The molecule has 1 heterocycles. The van der Waals surface area contributed by atoms with Crippen LogP contribution in [0.5, 0.6) is 0 Å². The lowest BCUT2D eigenvalue weighted by Gasteiger charge is -2.01. The number of benzene rings is 1. The standard InChI is InChI=1S/C17H19N3O2/c1-13(18)10-17(21)22-9-3-6-14-4-2-5-15(11-14)12-16-19-7-8-20-16/h2-8,10-11H,9,12,18H2,1H3,(H,19,20). The van der Waals surface area contributed by atoms with E-state index in [2.05, 4.69) is 22.1 Å². The van der Waals surface area contributed by atoms with E-state index in [0.717, 1.165) is 23.4 Å². The van der Waals surface area contributed by atoms with E-state index >= 15 is 0 Å². The maximum atomic E-state index is 11.3. The van der Waals surface area contributed by atoms with Gasteiger partial charge in [0.2, 0.25) is 0 Å². The van der Waals surface area contributed by atoms with Crippen LogP contribution in [0.1, 0.15) is 23.9 Å². The molecule has 0 spiro atoms. The number of ether oxygens (including phenoxy) is 1. The average molecular weight is 297 g/mol. The van der Waals surface area contributed by atoms with Gasteiger partial charge in [-0.05, 0) is 24.1 Å². The molecule has 0 aliphatic rings. The van der Waals surface area contributed by atoms with Gasteiger partial charge in [-0.2, -0.15) is 0 Å². The second-order valence-corrected chi connectivity index (χ2v) is 4.88. The third kappa shape index (κ3) is 5.28. The van der Waals surface area contributed by atoms with Crippen LogP contribution in [-0.2, 0) is 16.0 Å². The lowest BCUT2D eigenvalue weighted by molar-refractivity contribution is -0.136. The molecule has 22 heavy (non-hydrogen) atoms. The van der Waals surface area contributed by atoms with Crippen molar-refractivity contribution in [2.24, 2.45) is 5.73 Å². The molecule has 0 bridgehead atoms. The molecule has 1 aromatic carbocycles. The Bertz CT molecular complexity index is 669. The molecule has 2 rings (SSSR count). The highest BCUT2D eigenvalue weighted by Crippen LogP contribution is 2.10. The minimum Gasteiger partial charge on any atom is -0.458 e. The zero-order valence-electron chi connectivity index (χ0n) is 12.5. The maximum absolute atomic E-state index is 11.3. The van der Waals surface area contributed by atoms with Crippen molar-refractivity contribution in [2.45, 2.75) is 13.3 Å². The Morgan fingerprint density at radius 3 is 3.05 bits per heavy atom. The van der Waals surface area contributed by atoms with Crippen molar-refractivity contribution in [1.82, 2.24) is 9.97 Å². The van der Waals surface area contributed by atoms with E-state index in [1.807, 2.05) is 24.4 Å². The SMILES string of the molecule is CC(N)=CC(=O)OCC=Cc1cccc(Cc2ncc[nH]2)c1. The summed E-state index contributed by atoms with van der Waals surface area (Å²) in [6.45, 7) is 1.85. The first kappa shape index (κ1) is 15.6. The predicted molar refractivity (Wildman–Crippen MR) is 85.8 cm³/mol. The summed E-state index contributed by atoms with van der Waals surface area (Å²) in [7, 11) is 0. The van der Waals surface area contributed by atoms with Crippen LogP contribution >= 0.6 is 0 Å². The Morgan fingerprint density at radius 2 is 2.32 bits per heavy atom. The predicted octanol–water partition coefficient (Wildman–Crippen LogP) is 2.42. The topological polar surface area (TPSA) is 81.0 Å². The Morgan fingerprint density at radius 1 is 1.45 bits per heavy atom. The van der Waals surface area contributed by atoms with Gasteiger partial charge >= 0.3 is 5.97 Å². The molecule has 0 amide bonds. The van der Waals surface area contributed by atoms with Crippen LogP contribution in [-0.4, -0.2) is 22.5 Å². The Balaban J connectivity index is 1.88. The number of nitrogens with zero attached hydrogens (tertiary/aromatic N) is 1. The molecule has 0 aliphatic heterocycles. The van der Waals surface area contributed by atoms with E-state index in [4.69, 9.17) is 10.5 Å². The van der Waals surface area contributed by atoms with E-state index in [1.165, 1.54) is 6.08 Å². The van der Waals surface area contributed by atoms with Gasteiger partial charge in [0.05, 0.1) is 0 Å². The number of hydrogen-bond acceptors (Lipinski definition) is 4. The number of rotatable bonds is 6. The van der Waals surface area contributed by atoms with Crippen molar-refractivity contribution in [1.29, 1.82) is 0 Å². The molecule has 0 fully saturated rings. The molecule has 0 atom stereocenters. The molecule has 0 unspecified atom stereocenters. The number of aromatic nitrogens is 2. The third-order valence-electron chi connectivity index (χ3n) is 2.86. The van der Waals surface area contributed by atoms with Gasteiger partial charge in [-0.25, -0.2) is 9.78 Å². The zero-order chi connectivity index (χ0) is 15.8. The first-order valence-electron chi connectivity index (χ1n) is 6.98. The van der Waals surface area contributed by atoms with Crippen molar-refractivity contribution in [3.63, 3.8) is 0 Å². The number of nitrogens with two attached hydrogens (primary N) is 1. The van der Waals surface area contributed by atoms with Crippen LogP contribution in [0.2, 0.25) is 0 Å². The van der Waals surface area contributed by atoms with Crippen LogP contribution in [0.3, 0.4) is 0 Å². The van der Waals surface area contributed by atoms with Gasteiger partial charge < -0.3 is 15.5 Å². The quantitative estimate of drug-likeness (QED) is 0.634. The Hall–Kier alpha value is -2.82. The molecule has 0 saturated heterocycles. The Labute approximate surface area is 129 Å². The summed E-state index contributed by atoms with van der Waals surface area (Å²) in [6, 6.07) is 8.11. The van der Waals surface area contributed by atoms with Gasteiger partial charge in [0.25, 0.3) is 0 Å². The molecule has 0 aliphatic carbocycles. The van der Waals surface area contributed by atoms with E-state index in [0.29, 0.717) is 5.70 Å². The number of imidazole rings is 1. The molecule has 2 aromatic rings. The highest BCUT2D eigenvalue weighted by Gasteiger charge is 1.99. The van der Waals surface area contributed by atoms with Crippen molar-refractivity contribution in [3.8, 4) is 0 Å². The first-order chi connectivity index (χ1) is 10.6. The minimum absolute atomic E-state index is 0.213. The molecule has 5 heteroatoms. The molecule has 0 saturated carbocycles. The van der Waals surface area contributed by atoms with Crippen LogP contribution in [0.25, 0.3) is 6.08 Å². The fourth-order valence-corrected chi connectivity index (χ4v) is 1.94. The number of hydrogen-bond donors (Lipinski definition) is 2. The summed E-state index contributed by atoms with van der Waals surface area (Å²) in [5.74, 6) is 0.496. The number of H-pyrrole nitrogens is 1. The molecule has 5 nitrogen and oxygen atoms in total. The van der Waals surface area contributed by atoms with Crippen LogP contribution in [0.15, 0.2) is 54.5 Å². The highest BCUT2D eigenvalue weighted by atomic mass is 16.5. The van der Waals surface area contributed by atoms with E-state index < -0.39 is 5.97 Å². The van der Waals surface area contributed by atoms with Gasteiger partial charge in [0, 0.05) is 30.6 Å². The summed E-state index contributed by atoms with van der Waals surface area (Å²) in [5.41, 5.74) is 8.04. The summed E-state index contributed by atoms with van der Waals surface area (Å²) >= 11 is 0. The fourth-order valence-electron chi connectivity index (χ4n) is 1.94. The molecular weight excluding hydrogens is 278 g/mol. The number of nitrogens with one attached hydrogen (secondary N) is 1. The largest absolute Gasteiger partial charge is 0.458 e. The van der Waals surface area contributed by atoms with Crippen molar-refractivity contribution < 1.29 is 9.53 Å². The number of carbonyl (C=O) groups excluding carboxylic acids is 1. The molecule has 1 aromatic heterocycles. The van der Waals surface area contributed by atoms with Crippen LogP contribution in [0, 0.1) is 0 Å². The van der Waals surface area contributed by atoms with Crippen molar-refractivity contribution >= 4 is 12.0 Å². The van der Waals surface area contributed by atoms with Gasteiger partial charge in [-0.15, -0.1) is 0 Å². The Kier molecular flexibility index (Phi) is 5.54. The van der Waals surface area contributed by atoms with Gasteiger partial charge in [-0.3, -0.25) is 0 Å². The van der Waals surface area contributed by atoms with E-state index in [9.17, 15) is 4.79 Å². The molecule has 0 radical (unpaired) electrons. The third-order valence-corrected chi connectivity index (χ3v) is 2.86. The lowest BCUT2D eigenvalue weighted by Crippen LogP contribution is -2.03. The van der Waals surface area contributed by atoms with E-state index in [-0.39, 0.29) is 6.61 Å². The summed E-state index contributed by atoms with van der Waals surface area (Å²) in [4.78, 5) is 18.6. The second-order valence-electron chi connectivity index (χ2n) is 4.88. The number of aromatic amines is 1. The number of esters is 1. The fraction of sp³-hybridized carbons (Fsp3) is 0.176. The normalized spacial score (nSPS) is 11.8.